The molecule has 1 N–H and O–H groups in total. The second kappa shape index (κ2) is 6.93. The number of hydrogen-bond acceptors (Lipinski definition) is 2. The minimum Gasteiger partial charge on any atom is -0.312 e. The molecule has 1 aliphatic carbocycles. The first-order valence-corrected chi connectivity index (χ1v) is 8.39. The normalized spacial score (nSPS) is 17.2. The minimum absolute atomic E-state index is 0.201. The van der Waals surface area contributed by atoms with Crippen LogP contribution in [0.25, 0.3) is 0 Å². The van der Waals surface area contributed by atoms with E-state index in [4.69, 9.17) is 0 Å². The molecule has 1 saturated carbocycles. The van der Waals surface area contributed by atoms with Gasteiger partial charge in [0.05, 0.1) is 0 Å². The molecule has 1 unspecified atom stereocenters. The number of nitrogens with zero attached hydrogens (tertiary/aromatic N) is 1. The minimum atomic E-state index is 0.201. The van der Waals surface area contributed by atoms with E-state index in [0.717, 1.165) is 25.4 Å². The molecule has 0 heterocycles. The number of benzene rings is 1. The average Bonchev–Trinajstić information content (AvgIpc) is 3.22. The predicted octanol–water partition coefficient (Wildman–Crippen LogP) is 3.85. The van der Waals surface area contributed by atoms with E-state index in [1.165, 1.54) is 24.0 Å². The summed E-state index contributed by atoms with van der Waals surface area (Å²) in [5.74, 6) is 0.935. The van der Waals surface area contributed by atoms with Crippen LogP contribution in [0.4, 0.5) is 0 Å². The second-order valence-electron chi connectivity index (χ2n) is 7.69. The first-order chi connectivity index (χ1) is 9.87. The third-order valence-corrected chi connectivity index (χ3v) is 4.59. The van der Waals surface area contributed by atoms with Crippen LogP contribution >= 0.6 is 0 Å². The van der Waals surface area contributed by atoms with Crippen molar-refractivity contribution in [1.82, 2.24) is 10.2 Å². The van der Waals surface area contributed by atoms with Crippen LogP contribution in [0.2, 0.25) is 0 Å². The van der Waals surface area contributed by atoms with Crippen LogP contribution < -0.4 is 5.32 Å². The summed E-state index contributed by atoms with van der Waals surface area (Å²) in [6.07, 6.45) is 3.95. The van der Waals surface area contributed by atoms with Crippen LogP contribution in [-0.2, 0) is 13.0 Å². The van der Waals surface area contributed by atoms with E-state index >= 15 is 0 Å². The van der Waals surface area contributed by atoms with Gasteiger partial charge in [-0.1, -0.05) is 24.3 Å². The third kappa shape index (κ3) is 5.44. The van der Waals surface area contributed by atoms with Gasteiger partial charge in [0.15, 0.2) is 0 Å². The van der Waals surface area contributed by atoms with Crippen LogP contribution in [0.15, 0.2) is 24.3 Å². The Kier molecular flexibility index (Phi) is 5.45. The summed E-state index contributed by atoms with van der Waals surface area (Å²) < 4.78 is 0. The van der Waals surface area contributed by atoms with Gasteiger partial charge < -0.3 is 5.32 Å². The van der Waals surface area contributed by atoms with Gasteiger partial charge in [0.25, 0.3) is 0 Å². The van der Waals surface area contributed by atoms with Gasteiger partial charge in [-0.05, 0) is 77.6 Å². The Balaban J connectivity index is 1.92. The molecule has 2 rings (SSSR count). The van der Waals surface area contributed by atoms with Crippen molar-refractivity contribution in [2.75, 3.05) is 13.6 Å². The summed E-state index contributed by atoms with van der Waals surface area (Å²) in [4.78, 5) is 2.52. The van der Waals surface area contributed by atoms with Crippen LogP contribution in [0.5, 0.6) is 0 Å². The zero-order valence-corrected chi connectivity index (χ0v) is 14.4. The maximum Gasteiger partial charge on any atom is 0.0236 e. The Morgan fingerprint density at radius 3 is 2.38 bits per heavy atom. The van der Waals surface area contributed by atoms with Crippen molar-refractivity contribution < 1.29 is 0 Å². The molecule has 1 atom stereocenters. The van der Waals surface area contributed by atoms with Gasteiger partial charge in [0.1, 0.15) is 0 Å². The Bertz CT molecular complexity index is 443. The molecule has 118 valence electrons. The standard InChI is InChI=1S/C19H32N2/c1-15(16-10-11-16)21(5)14-18-9-7-6-8-17(18)12-13-20-19(2,3)4/h6-9,15-16,20H,10-14H2,1-5H3. The van der Waals surface area contributed by atoms with Gasteiger partial charge in [-0.15, -0.1) is 0 Å². The Hall–Kier alpha value is -0.860. The molecule has 21 heavy (non-hydrogen) atoms. The molecule has 0 radical (unpaired) electrons. The fraction of sp³-hybridized carbons (Fsp3) is 0.684. The lowest BCUT2D eigenvalue weighted by atomic mass is 10.0. The number of rotatable bonds is 7. The largest absolute Gasteiger partial charge is 0.312 e. The predicted molar refractivity (Wildman–Crippen MR) is 91.6 cm³/mol. The van der Waals surface area contributed by atoms with Crippen molar-refractivity contribution in [3.05, 3.63) is 35.4 Å². The van der Waals surface area contributed by atoms with E-state index in [1.54, 1.807) is 0 Å². The molecule has 1 fully saturated rings. The van der Waals surface area contributed by atoms with E-state index in [2.05, 4.69) is 69.2 Å². The maximum atomic E-state index is 3.59. The highest BCUT2D eigenvalue weighted by Gasteiger charge is 2.30. The van der Waals surface area contributed by atoms with Crippen LogP contribution in [0.1, 0.15) is 51.7 Å². The van der Waals surface area contributed by atoms with Crippen molar-refractivity contribution in [3.63, 3.8) is 0 Å². The molecule has 0 aliphatic heterocycles. The van der Waals surface area contributed by atoms with Crippen molar-refractivity contribution in [3.8, 4) is 0 Å². The fourth-order valence-electron chi connectivity index (χ4n) is 2.88. The molecular formula is C19H32N2. The highest BCUT2D eigenvalue weighted by atomic mass is 15.1. The monoisotopic (exact) mass is 288 g/mol. The maximum absolute atomic E-state index is 3.59. The summed E-state index contributed by atoms with van der Waals surface area (Å²) in [7, 11) is 2.27. The lowest BCUT2D eigenvalue weighted by Gasteiger charge is -2.26. The highest BCUT2D eigenvalue weighted by molar-refractivity contribution is 5.27. The van der Waals surface area contributed by atoms with Crippen LogP contribution in [0, 0.1) is 5.92 Å². The van der Waals surface area contributed by atoms with Gasteiger partial charge in [0, 0.05) is 18.1 Å². The van der Waals surface area contributed by atoms with Crippen molar-refractivity contribution in [1.29, 1.82) is 0 Å². The van der Waals surface area contributed by atoms with Crippen molar-refractivity contribution in [2.45, 2.75) is 65.1 Å². The van der Waals surface area contributed by atoms with Crippen LogP contribution in [0.3, 0.4) is 0 Å². The molecule has 2 nitrogen and oxygen atoms in total. The lowest BCUT2D eigenvalue weighted by molar-refractivity contribution is 0.226. The van der Waals surface area contributed by atoms with Gasteiger partial charge in [0.2, 0.25) is 0 Å². The highest BCUT2D eigenvalue weighted by Crippen LogP contribution is 2.35. The van der Waals surface area contributed by atoms with E-state index in [0.29, 0.717) is 6.04 Å². The van der Waals surface area contributed by atoms with Gasteiger partial charge in [-0.2, -0.15) is 0 Å². The number of nitrogens with one attached hydrogen (secondary N) is 1. The van der Waals surface area contributed by atoms with Gasteiger partial charge in [-0.3, -0.25) is 4.90 Å². The molecule has 0 amide bonds. The van der Waals surface area contributed by atoms with E-state index in [9.17, 15) is 0 Å². The Morgan fingerprint density at radius 2 is 1.81 bits per heavy atom. The summed E-state index contributed by atoms with van der Waals surface area (Å²) >= 11 is 0. The quantitative estimate of drug-likeness (QED) is 0.820. The molecule has 1 aliphatic rings. The summed E-state index contributed by atoms with van der Waals surface area (Å²) in [6, 6.07) is 9.63. The molecule has 1 aromatic carbocycles. The molecule has 0 aromatic heterocycles. The molecule has 2 heteroatoms. The van der Waals surface area contributed by atoms with Crippen LogP contribution in [-0.4, -0.2) is 30.1 Å². The molecule has 0 spiro atoms. The summed E-state index contributed by atoms with van der Waals surface area (Å²) in [6.45, 7) is 11.2. The second-order valence-corrected chi connectivity index (χ2v) is 7.69. The number of hydrogen-bond donors (Lipinski definition) is 1. The van der Waals surface area contributed by atoms with Crippen molar-refractivity contribution in [2.24, 2.45) is 5.92 Å². The van der Waals surface area contributed by atoms with Gasteiger partial charge >= 0.3 is 0 Å². The molecule has 1 aromatic rings. The Labute approximate surface area is 130 Å². The lowest BCUT2D eigenvalue weighted by Crippen LogP contribution is -2.37. The summed E-state index contributed by atoms with van der Waals surface area (Å²) in [5, 5.41) is 3.59. The summed E-state index contributed by atoms with van der Waals surface area (Å²) in [5.41, 5.74) is 3.18. The zero-order valence-electron chi connectivity index (χ0n) is 14.4. The average molecular weight is 288 g/mol. The SMILES string of the molecule is CC(C1CC1)N(C)Cc1ccccc1CCNC(C)(C)C. The topological polar surface area (TPSA) is 15.3 Å². The first-order valence-electron chi connectivity index (χ1n) is 8.39. The Morgan fingerprint density at radius 1 is 1.19 bits per heavy atom. The van der Waals surface area contributed by atoms with Crippen molar-refractivity contribution >= 4 is 0 Å². The third-order valence-electron chi connectivity index (χ3n) is 4.59. The smallest absolute Gasteiger partial charge is 0.0236 e. The van der Waals surface area contributed by atoms with Gasteiger partial charge in [-0.25, -0.2) is 0 Å². The fourth-order valence-corrected chi connectivity index (χ4v) is 2.88. The van der Waals surface area contributed by atoms with E-state index in [-0.39, 0.29) is 5.54 Å². The molecule has 0 saturated heterocycles. The van der Waals surface area contributed by atoms with E-state index < -0.39 is 0 Å². The van der Waals surface area contributed by atoms with E-state index in [1.807, 2.05) is 0 Å². The zero-order chi connectivity index (χ0) is 15.5. The molecule has 0 bridgehead atoms. The molecular weight excluding hydrogens is 256 g/mol. The first kappa shape index (κ1) is 16.5.